The maximum Gasteiger partial charge on any atom is 0.293 e. The van der Waals surface area contributed by atoms with Crippen LogP contribution in [0, 0.1) is 35.0 Å². The molecule has 170 valence electrons. The molecule has 2 aliphatic carbocycles. The van der Waals surface area contributed by atoms with Crippen LogP contribution in [-0.4, -0.2) is 34.1 Å². The summed E-state index contributed by atoms with van der Waals surface area (Å²) in [4.78, 5) is 11.0. The summed E-state index contributed by atoms with van der Waals surface area (Å²) in [5.41, 5.74) is 0.757. The number of carbonyl (C=O) groups is 1. The van der Waals surface area contributed by atoms with E-state index in [0.29, 0.717) is 30.7 Å². The summed E-state index contributed by atoms with van der Waals surface area (Å²) >= 11 is 0. The van der Waals surface area contributed by atoms with Crippen molar-refractivity contribution in [2.45, 2.75) is 27.2 Å². The lowest BCUT2D eigenvalue weighted by molar-refractivity contribution is -0.133. The highest BCUT2D eigenvalue weighted by molar-refractivity contribution is 5.39. The molecule has 0 aromatic rings. The maximum absolute atomic E-state index is 11.0. The molecule has 1 saturated carbocycles. The Morgan fingerprint density at radius 3 is 2.71 bits per heavy atom. The molecule has 0 bridgehead atoms. The van der Waals surface area contributed by atoms with E-state index in [1.54, 1.807) is 26.6 Å². The zero-order valence-electron chi connectivity index (χ0n) is 19.1. The van der Waals surface area contributed by atoms with Crippen LogP contribution in [0.3, 0.4) is 0 Å². The molecule has 31 heavy (non-hydrogen) atoms. The van der Waals surface area contributed by atoms with Gasteiger partial charge in [-0.05, 0) is 65.2 Å². The van der Waals surface area contributed by atoms with E-state index in [2.05, 4.69) is 39.5 Å². The normalized spacial score (nSPS) is 32.3. The predicted octanol–water partition coefficient (Wildman–Crippen LogP) is 4.72. The summed E-state index contributed by atoms with van der Waals surface area (Å²) < 4.78 is 27.3. The van der Waals surface area contributed by atoms with Crippen LogP contribution < -0.4 is 0 Å². The molecular formula is C25H34O6. The Kier molecular flexibility index (Phi) is 7.19. The molecule has 1 aliphatic heterocycles. The second kappa shape index (κ2) is 9.67. The van der Waals surface area contributed by atoms with Crippen LogP contribution in [0.15, 0.2) is 60.0 Å². The first kappa shape index (κ1) is 23.0. The Labute approximate surface area is 185 Å². The summed E-state index contributed by atoms with van der Waals surface area (Å²) in [7, 11) is 3.22. The Balaban J connectivity index is 2.03. The number of hydrogen-bond donors (Lipinski definition) is 0. The van der Waals surface area contributed by atoms with Gasteiger partial charge in [0.1, 0.15) is 5.76 Å². The highest BCUT2D eigenvalue weighted by atomic mass is 16.7. The van der Waals surface area contributed by atoms with Gasteiger partial charge in [0.05, 0.1) is 27.1 Å². The first-order valence-corrected chi connectivity index (χ1v) is 10.7. The van der Waals surface area contributed by atoms with Gasteiger partial charge in [0.2, 0.25) is 6.79 Å². The number of carbonyl (C=O) groups excluding carboxylic acids is 1. The van der Waals surface area contributed by atoms with E-state index < -0.39 is 0 Å². The van der Waals surface area contributed by atoms with Crippen molar-refractivity contribution in [2.75, 3.05) is 27.6 Å². The molecule has 3 rings (SSSR count). The Morgan fingerprint density at radius 2 is 2.06 bits per heavy atom. The number of allylic oxidation sites excluding steroid dienone is 5. The lowest BCUT2D eigenvalue weighted by Gasteiger charge is -2.55. The Morgan fingerprint density at radius 1 is 1.32 bits per heavy atom. The van der Waals surface area contributed by atoms with Crippen molar-refractivity contribution >= 4 is 6.47 Å². The second-order valence-corrected chi connectivity index (χ2v) is 9.00. The second-order valence-electron chi connectivity index (χ2n) is 9.00. The minimum Gasteiger partial charge on any atom is -0.504 e. The third-order valence-electron chi connectivity index (χ3n) is 6.88. The van der Waals surface area contributed by atoms with Crippen molar-refractivity contribution in [2.24, 2.45) is 35.0 Å². The molecule has 0 amide bonds. The van der Waals surface area contributed by atoms with Crippen LogP contribution in [-0.2, 0) is 28.5 Å². The SMILES string of the molecule is C=C(/C=C(\C=C\OC)OC)[C@H]1CC(COC=O)C(C(C)C)C2(C)C=C3OCOC3=CC12. The van der Waals surface area contributed by atoms with Crippen LogP contribution in [0.1, 0.15) is 27.2 Å². The van der Waals surface area contributed by atoms with Crippen molar-refractivity contribution in [1.29, 1.82) is 0 Å². The highest BCUT2D eigenvalue weighted by Crippen LogP contribution is 2.59. The largest absolute Gasteiger partial charge is 0.504 e. The van der Waals surface area contributed by atoms with E-state index >= 15 is 0 Å². The zero-order valence-corrected chi connectivity index (χ0v) is 19.1. The van der Waals surface area contributed by atoms with Crippen molar-refractivity contribution in [3.05, 3.63) is 60.0 Å². The molecule has 0 N–H and O–H groups in total. The number of fused-ring (bicyclic) bond motifs is 2. The van der Waals surface area contributed by atoms with Crippen molar-refractivity contribution in [3.8, 4) is 0 Å². The van der Waals surface area contributed by atoms with E-state index in [9.17, 15) is 4.79 Å². The van der Waals surface area contributed by atoms with Gasteiger partial charge in [-0.25, -0.2) is 0 Å². The molecule has 6 heteroatoms. The van der Waals surface area contributed by atoms with Gasteiger partial charge in [0, 0.05) is 6.08 Å². The van der Waals surface area contributed by atoms with Crippen molar-refractivity contribution in [3.63, 3.8) is 0 Å². The molecule has 0 spiro atoms. The van der Waals surface area contributed by atoms with E-state index in [1.165, 1.54) is 0 Å². The number of methoxy groups -OCH3 is 2. The van der Waals surface area contributed by atoms with Gasteiger partial charge in [-0.3, -0.25) is 4.79 Å². The molecule has 0 aromatic carbocycles. The lowest BCUT2D eigenvalue weighted by Crippen LogP contribution is -2.51. The minimum atomic E-state index is -0.201. The molecule has 1 heterocycles. The molecule has 2 fully saturated rings. The molecular weight excluding hydrogens is 396 g/mol. The lowest BCUT2D eigenvalue weighted by atomic mass is 9.49. The van der Waals surface area contributed by atoms with Gasteiger partial charge in [0.25, 0.3) is 6.47 Å². The maximum atomic E-state index is 11.0. The molecule has 1 saturated heterocycles. The quantitative estimate of drug-likeness (QED) is 0.300. The number of hydrogen-bond acceptors (Lipinski definition) is 6. The Hall–Kier alpha value is -2.63. The molecule has 5 atom stereocenters. The molecule has 0 aromatic heterocycles. The van der Waals surface area contributed by atoms with Crippen molar-refractivity contribution < 1.29 is 28.5 Å². The third-order valence-corrected chi connectivity index (χ3v) is 6.88. The molecule has 3 aliphatic rings. The Bertz CT molecular complexity index is 805. The smallest absolute Gasteiger partial charge is 0.293 e. The standard InChI is InChI=1S/C25H34O6/c1-16(2)24-18(13-29-14-26)10-20(17(3)9-19(28-6)7-8-27-5)21-11-22-23(31-15-30-22)12-25(21,24)4/h7-9,11-12,14,16,18,20-21,24H,3,10,13,15H2,1-2,4-6H3/b8-7+,19-9+/t18?,20-,21?,24?,25?/m1/s1. The minimum absolute atomic E-state index is 0.121. The number of ether oxygens (including phenoxy) is 5. The first-order chi connectivity index (χ1) is 14.8. The van der Waals surface area contributed by atoms with Crippen LogP contribution in [0.5, 0.6) is 0 Å². The van der Waals surface area contributed by atoms with E-state index in [0.717, 1.165) is 23.5 Å². The van der Waals surface area contributed by atoms with Gasteiger partial charge in [0.15, 0.2) is 11.5 Å². The fourth-order valence-electron chi connectivity index (χ4n) is 5.84. The zero-order chi connectivity index (χ0) is 22.6. The van der Waals surface area contributed by atoms with Gasteiger partial charge in [-0.15, -0.1) is 0 Å². The number of rotatable bonds is 9. The summed E-state index contributed by atoms with van der Waals surface area (Å²) in [5, 5.41) is 0. The molecule has 4 unspecified atom stereocenters. The fourth-order valence-corrected chi connectivity index (χ4v) is 5.84. The van der Waals surface area contributed by atoms with Gasteiger partial charge >= 0.3 is 0 Å². The predicted molar refractivity (Wildman–Crippen MR) is 117 cm³/mol. The van der Waals surface area contributed by atoms with Crippen LogP contribution in [0.2, 0.25) is 0 Å². The van der Waals surface area contributed by atoms with E-state index in [-0.39, 0.29) is 30.0 Å². The monoisotopic (exact) mass is 430 g/mol. The summed E-state index contributed by atoms with van der Waals surface area (Å²) in [6.07, 6.45) is 10.6. The van der Waals surface area contributed by atoms with Gasteiger partial charge in [-0.1, -0.05) is 27.4 Å². The fraction of sp³-hybridized carbons (Fsp3) is 0.560. The van der Waals surface area contributed by atoms with Gasteiger partial charge < -0.3 is 23.7 Å². The summed E-state index contributed by atoms with van der Waals surface area (Å²) in [6, 6.07) is 0. The highest BCUT2D eigenvalue weighted by Gasteiger charge is 2.54. The van der Waals surface area contributed by atoms with Gasteiger partial charge in [-0.2, -0.15) is 0 Å². The van der Waals surface area contributed by atoms with Crippen molar-refractivity contribution in [1.82, 2.24) is 0 Å². The third kappa shape index (κ3) is 4.53. The topological polar surface area (TPSA) is 63.2 Å². The summed E-state index contributed by atoms with van der Waals surface area (Å²) in [6.45, 7) is 12.3. The molecule has 6 nitrogen and oxygen atoms in total. The van der Waals surface area contributed by atoms with Crippen LogP contribution >= 0.6 is 0 Å². The van der Waals surface area contributed by atoms with E-state index in [4.69, 9.17) is 23.7 Å². The van der Waals surface area contributed by atoms with E-state index in [1.807, 2.05) is 6.08 Å². The average molecular weight is 431 g/mol. The first-order valence-electron chi connectivity index (χ1n) is 10.7. The van der Waals surface area contributed by atoms with Crippen LogP contribution in [0.4, 0.5) is 0 Å². The summed E-state index contributed by atoms with van der Waals surface area (Å²) in [5.74, 6) is 3.46. The average Bonchev–Trinajstić information content (AvgIpc) is 3.18. The van der Waals surface area contributed by atoms with Crippen LogP contribution in [0.25, 0.3) is 0 Å². The molecule has 0 radical (unpaired) electrons.